The lowest BCUT2D eigenvalue weighted by atomic mass is 9.41. The molecule has 6 rings (SSSR count). The summed E-state index contributed by atoms with van der Waals surface area (Å²) in [5.41, 5.74) is -1.48. The van der Waals surface area contributed by atoms with Gasteiger partial charge in [0.1, 0.15) is 36.6 Å². The minimum absolute atomic E-state index is 0.0250. The topological polar surface area (TPSA) is 272 Å². The molecule has 17 nitrogen and oxygen atoms in total. The van der Waals surface area contributed by atoms with Gasteiger partial charge in [0, 0.05) is 31.3 Å². The van der Waals surface area contributed by atoms with Crippen LogP contribution in [0.2, 0.25) is 0 Å². The van der Waals surface area contributed by atoms with Gasteiger partial charge in [0.05, 0.1) is 49.8 Å². The number of rotatable bonds is 13. The van der Waals surface area contributed by atoms with Crippen molar-refractivity contribution in [3.05, 3.63) is 12.2 Å². The van der Waals surface area contributed by atoms with Gasteiger partial charge in [-0.1, -0.05) is 39.8 Å². The van der Waals surface area contributed by atoms with Gasteiger partial charge >= 0.3 is 10.4 Å². The van der Waals surface area contributed by atoms with Crippen LogP contribution in [-0.4, -0.2) is 160 Å². The first kappa shape index (κ1) is 45.6. The summed E-state index contributed by atoms with van der Waals surface area (Å²) in [5.74, 6) is -1.32. The maximum atomic E-state index is 12.6. The predicted molar refractivity (Wildman–Crippen MR) is 199 cm³/mol. The highest BCUT2D eigenvalue weighted by Crippen LogP contribution is 2.70. The number of fused-ring (bicyclic) bond motifs is 5. The molecule has 6 aliphatic rings. The van der Waals surface area contributed by atoms with Crippen molar-refractivity contribution in [1.29, 1.82) is 0 Å². The molecule has 57 heavy (non-hydrogen) atoms. The summed E-state index contributed by atoms with van der Waals surface area (Å²) in [6.45, 7) is 11.8. The van der Waals surface area contributed by atoms with Crippen LogP contribution in [-0.2, 0) is 38.3 Å². The maximum Gasteiger partial charge on any atom is 0.397 e. The molecule has 6 unspecified atom stereocenters. The van der Waals surface area contributed by atoms with Crippen molar-refractivity contribution < 1.29 is 81.7 Å². The van der Waals surface area contributed by atoms with Gasteiger partial charge in [0.15, 0.2) is 12.6 Å². The SMILES string of the molecule is C=C(CC[C@@H](C)[C@H]1CC(O)[C@@H]2[C@]1(C)CC[C@H]1[C@@]2(O)CC(O)C2C(O)C(O)CC[C@@]21C)C(C)CO[C@@H]1OC[C@@H](O)[C@H](OS(=O)(=O)O)[C@H]1O[C@@H]1OC[C@@H](O)[C@H](O)[C@H]1OC. The second-order valence-electron chi connectivity index (χ2n) is 18.6. The lowest BCUT2D eigenvalue weighted by Crippen LogP contribution is -2.70. The molecule has 0 aromatic rings. The number of aliphatic hydroxyl groups is 8. The molecule has 9 N–H and O–H groups in total. The Kier molecular flexibility index (Phi) is 13.7. The molecule has 0 amide bonds. The molecule has 0 bridgehead atoms. The van der Waals surface area contributed by atoms with Crippen LogP contribution in [0.1, 0.15) is 79.1 Å². The molecule has 330 valence electrons. The standard InChI is InChI=1S/C39H66O17S/c1-18(20(3)15-52-35-33(31(26(44)17-53-35)56-57(48,49)50)55-36-32(51-6)30(46)25(43)16-54-36)7-8-19(2)21-13-23(41)34-37(21,4)12-10-27-38(5)11-9-22(40)29(45)28(38)24(42)14-39(27,34)47/h19-36,40-47H,1,7-17H2,2-6H3,(H,48,49,50)/t19-,20?,21-,22?,23?,24?,25-,26-,27-,28?,29?,30+,31+,32-,33-,34-,35-,36+,37-,38-,39+/m1/s1. The van der Waals surface area contributed by atoms with E-state index < -0.39 is 119 Å². The Hall–Kier alpha value is -0.910. The summed E-state index contributed by atoms with van der Waals surface area (Å²) >= 11 is 0. The molecule has 2 saturated heterocycles. The van der Waals surface area contributed by atoms with E-state index in [-0.39, 0.29) is 43.3 Å². The van der Waals surface area contributed by atoms with E-state index in [4.69, 9.17) is 27.9 Å². The molecular formula is C39H66O17S. The molecule has 0 radical (unpaired) electrons. The number of methoxy groups -OCH3 is 1. The molecule has 0 spiro atoms. The summed E-state index contributed by atoms with van der Waals surface area (Å²) in [5, 5.41) is 88.3. The zero-order valence-electron chi connectivity index (χ0n) is 33.6. The third kappa shape index (κ3) is 8.51. The Morgan fingerprint density at radius 2 is 1.49 bits per heavy atom. The van der Waals surface area contributed by atoms with Gasteiger partial charge in [0.25, 0.3) is 0 Å². The predicted octanol–water partition coefficient (Wildman–Crippen LogP) is 0.0422. The first-order valence-electron chi connectivity index (χ1n) is 20.4. The largest absolute Gasteiger partial charge is 0.397 e. The fourth-order valence-corrected chi connectivity index (χ4v) is 12.8. The van der Waals surface area contributed by atoms with Crippen LogP contribution in [0.25, 0.3) is 0 Å². The van der Waals surface area contributed by atoms with E-state index in [0.29, 0.717) is 32.1 Å². The minimum Gasteiger partial charge on any atom is -0.393 e. The Balaban J connectivity index is 1.09. The van der Waals surface area contributed by atoms with Crippen LogP contribution < -0.4 is 0 Å². The van der Waals surface area contributed by atoms with Crippen LogP contribution >= 0.6 is 0 Å². The van der Waals surface area contributed by atoms with Gasteiger partial charge in [0.2, 0.25) is 0 Å². The van der Waals surface area contributed by atoms with Gasteiger partial charge in [-0.25, -0.2) is 4.18 Å². The van der Waals surface area contributed by atoms with E-state index in [1.165, 1.54) is 7.11 Å². The number of ether oxygens (including phenoxy) is 5. The normalized spacial score (nSPS) is 50.0. The number of hydrogen-bond donors (Lipinski definition) is 9. The first-order chi connectivity index (χ1) is 26.6. The third-order valence-electron chi connectivity index (χ3n) is 15.2. The maximum absolute atomic E-state index is 12.6. The quantitative estimate of drug-likeness (QED) is 0.0875. The van der Waals surface area contributed by atoms with Crippen LogP contribution in [0.15, 0.2) is 12.2 Å². The Labute approximate surface area is 335 Å². The van der Waals surface area contributed by atoms with E-state index >= 15 is 0 Å². The summed E-state index contributed by atoms with van der Waals surface area (Å²) in [4.78, 5) is 0. The molecule has 6 fully saturated rings. The smallest absolute Gasteiger partial charge is 0.393 e. The molecule has 18 heteroatoms. The molecule has 4 aliphatic carbocycles. The van der Waals surface area contributed by atoms with Gasteiger partial charge in [-0.05, 0) is 73.5 Å². The highest BCUT2D eigenvalue weighted by molar-refractivity contribution is 7.80. The van der Waals surface area contributed by atoms with Crippen molar-refractivity contribution >= 4 is 10.4 Å². The minimum atomic E-state index is -5.08. The summed E-state index contributed by atoms with van der Waals surface area (Å²) in [6, 6.07) is 0. The van der Waals surface area contributed by atoms with Gasteiger partial charge < -0.3 is 64.5 Å². The van der Waals surface area contributed by atoms with Crippen LogP contribution in [0.3, 0.4) is 0 Å². The van der Waals surface area contributed by atoms with Crippen molar-refractivity contribution in [3.63, 3.8) is 0 Å². The second kappa shape index (κ2) is 17.1. The van der Waals surface area contributed by atoms with Gasteiger partial charge in [-0.3, -0.25) is 4.55 Å². The van der Waals surface area contributed by atoms with Gasteiger partial charge in [-0.15, -0.1) is 0 Å². The van der Waals surface area contributed by atoms with Crippen molar-refractivity contribution in [2.45, 2.75) is 158 Å². The van der Waals surface area contributed by atoms with E-state index in [1.54, 1.807) is 0 Å². The summed E-state index contributed by atoms with van der Waals surface area (Å²) in [6.07, 6.45) is -10.9. The molecule has 0 aromatic heterocycles. The third-order valence-corrected chi connectivity index (χ3v) is 15.7. The lowest BCUT2D eigenvalue weighted by Gasteiger charge is -2.66. The van der Waals surface area contributed by atoms with Crippen LogP contribution in [0.5, 0.6) is 0 Å². The van der Waals surface area contributed by atoms with Crippen molar-refractivity contribution in [2.24, 2.45) is 46.3 Å². The molecule has 2 aliphatic heterocycles. The molecule has 21 atom stereocenters. The van der Waals surface area contributed by atoms with E-state index in [1.807, 2.05) is 13.8 Å². The number of aliphatic hydroxyl groups excluding tert-OH is 7. The Morgan fingerprint density at radius 3 is 2.16 bits per heavy atom. The zero-order chi connectivity index (χ0) is 42.0. The Bertz CT molecular complexity index is 1520. The lowest BCUT2D eigenvalue weighted by molar-refractivity contribution is -0.343. The highest BCUT2D eigenvalue weighted by Gasteiger charge is 2.71. The van der Waals surface area contributed by atoms with E-state index in [0.717, 1.165) is 18.4 Å². The second-order valence-corrected chi connectivity index (χ2v) is 19.7. The van der Waals surface area contributed by atoms with Crippen molar-refractivity contribution in [3.8, 4) is 0 Å². The van der Waals surface area contributed by atoms with Crippen molar-refractivity contribution in [1.82, 2.24) is 0 Å². The first-order valence-corrected chi connectivity index (χ1v) is 21.8. The van der Waals surface area contributed by atoms with Crippen molar-refractivity contribution in [2.75, 3.05) is 26.9 Å². The summed E-state index contributed by atoms with van der Waals surface area (Å²) in [7, 11) is -3.83. The average molecular weight is 839 g/mol. The van der Waals surface area contributed by atoms with Gasteiger partial charge in [-0.2, -0.15) is 8.42 Å². The van der Waals surface area contributed by atoms with Crippen LogP contribution in [0, 0.1) is 46.3 Å². The number of hydrogen-bond acceptors (Lipinski definition) is 16. The summed E-state index contributed by atoms with van der Waals surface area (Å²) < 4.78 is 66.3. The highest BCUT2D eigenvalue weighted by atomic mass is 32.3. The molecular weight excluding hydrogens is 772 g/mol. The fourth-order valence-electron chi connectivity index (χ4n) is 12.3. The van der Waals surface area contributed by atoms with E-state index in [9.17, 15) is 53.8 Å². The van der Waals surface area contributed by atoms with E-state index in [2.05, 4.69) is 20.4 Å². The Morgan fingerprint density at radius 1 is 0.842 bits per heavy atom. The molecule has 4 saturated carbocycles. The zero-order valence-corrected chi connectivity index (χ0v) is 34.4. The fraction of sp³-hybridized carbons (Fsp3) is 0.949. The average Bonchev–Trinajstić information content (AvgIpc) is 3.41. The molecule has 2 heterocycles. The molecule has 0 aromatic carbocycles. The monoisotopic (exact) mass is 838 g/mol. The van der Waals surface area contributed by atoms with Crippen LogP contribution in [0.4, 0.5) is 0 Å².